The predicted molar refractivity (Wildman–Crippen MR) is 79.7 cm³/mol. The van der Waals surface area contributed by atoms with Crippen LogP contribution in [0.3, 0.4) is 0 Å². The number of anilines is 3. The molecule has 2 rings (SSSR count). The second kappa shape index (κ2) is 6.36. The summed E-state index contributed by atoms with van der Waals surface area (Å²) in [7, 11) is 0. The molecule has 2 N–H and O–H groups in total. The molecule has 0 aliphatic carbocycles. The smallest absolute Gasteiger partial charge is 0.311 e. The molecule has 21 heavy (non-hydrogen) atoms. The number of aromatic nitrogens is 1. The number of hydrogen-bond donors (Lipinski definition) is 2. The van der Waals surface area contributed by atoms with Gasteiger partial charge in [-0.3, -0.25) is 10.1 Å². The summed E-state index contributed by atoms with van der Waals surface area (Å²) >= 11 is 5.75. The maximum atomic E-state index is 13.3. The Morgan fingerprint density at radius 1 is 1.38 bits per heavy atom. The lowest BCUT2D eigenvalue weighted by atomic mass is 10.3. The molecule has 0 saturated carbocycles. The summed E-state index contributed by atoms with van der Waals surface area (Å²) in [6, 6.07) is 6.61. The van der Waals surface area contributed by atoms with Crippen molar-refractivity contribution in [1.82, 2.24) is 4.98 Å². The fraction of sp³-hybridized carbons (Fsp3) is 0.154. The summed E-state index contributed by atoms with van der Waals surface area (Å²) in [5.74, 6) is -0.0521. The molecule has 0 spiro atoms. The van der Waals surface area contributed by atoms with Crippen LogP contribution in [0.1, 0.15) is 6.92 Å². The van der Waals surface area contributed by atoms with Crippen LogP contribution in [0.15, 0.2) is 30.3 Å². The highest BCUT2D eigenvalue weighted by Crippen LogP contribution is 2.28. The lowest BCUT2D eigenvalue weighted by Gasteiger charge is -2.09. The molecule has 0 fully saturated rings. The van der Waals surface area contributed by atoms with Gasteiger partial charge in [0.05, 0.1) is 4.92 Å². The Morgan fingerprint density at radius 2 is 2.14 bits per heavy atom. The molecule has 2 aromatic rings. The Hall–Kier alpha value is -2.41. The van der Waals surface area contributed by atoms with Gasteiger partial charge in [-0.1, -0.05) is 11.6 Å². The zero-order valence-electron chi connectivity index (χ0n) is 11.1. The van der Waals surface area contributed by atoms with Crippen molar-refractivity contribution in [3.8, 4) is 0 Å². The summed E-state index contributed by atoms with van der Waals surface area (Å²) in [6.07, 6.45) is 0. The van der Waals surface area contributed by atoms with Gasteiger partial charge >= 0.3 is 5.69 Å². The number of nitro groups is 1. The summed E-state index contributed by atoms with van der Waals surface area (Å²) < 4.78 is 13.3. The zero-order chi connectivity index (χ0) is 15.4. The molecule has 1 heterocycles. The lowest BCUT2D eigenvalue weighted by molar-refractivity contribution is -0.384. The average molecular weight is 311 g/mol. The normalized spacial score (nSPS) is 10.2. The highest BCUT2D eigenvalue weighted by molar-refractivity contribution is 6.30. The van der Waals surface area contributed by atoms with Gasteiger partial charge in [-0.2, -0.15) is 0 Å². The summed E-state index contributed by atoms with van der Waals surface area (Å²) in [5.41, 5.74) is 0.0706. The number of halogens is 2. The Kier molecular flexibility index (Phi) is 4.54. The van der Waals surface area contributed by atoms with Gasteiger partial charge in [0.1, 0.15) is 11.6 Å². The van der Waals surface area contributed by atoms with E-state index >= 15 is 0 Å². The second-order valence-corrected chi connectivity index (χ2v) is 4.57. The van der Waals surface area contributed by atoms with Crippen molar-refractivity contribution >= 4 is 34.6 Å². The van der Waals surface area contributed by atoms with E-state index in [1.165, 1.54) is 24.3 Å². The van der Waals surface area contributed by atoms with E-state index in [4.69, 9.17) is 11.6 Å². The van der Waals surface area contributed by atoms with E-state index in [-0.39, 0.29) is 22.2 Å². The molecule has 8 heteroatoms. The predicted octanol–water partition coefficient (Wildman–Crippen LogP) is 3.96. The van der Waals surface area contributed by atoms with E-state index in [1.807, 2.05) is 6.92 Å². The third kappa shape index (κ3) is 3.79. The minimum Gasteiger partial charge on any atom is -0.370 e. The largest absolute Gasteiger partial charge is 0.370 e. The van der Waals surface area contributed by atoms with Gasteiger partial charge in [-0.05, 0) is 31.2 Å². The van der Waals surface area contributed by atoms with Crippen molar-refractivity contribution in [1.29, 1.82) is 0 Å². The van der Waals surface area contributed by atoms with Gasteiger partial charge in [0.2, 0.25) is 5.82 Å². The zero-order valence-corrected chi connectivity index (χ0v) is 11.8. The van der Waals surface area contributed by atoms with Crippen LogP contribution in [0.5, 0.6) is 0 Å². The van der Waals surface area contributed by atoms with Crippen molar-refractivity contribution in [2.45, 2.75) is 6.92 Å². The highest BCUT2D eigenvalue weighted by atomic mass is 35.5. The minimum atomic E-state index is -0.564. The number of nitrogens with zero attached hydrogens (tertiary/aromatic N) is 2. The van der Waals surface area contributed by atoms with E-state index in [0.717, 1.165) is 6.07 Å². The van der Waals surface area contributed by atoms with Crippen LogP contribution in [-0.2, 0) is 0 Å². The maximum absolute atomic E-state index is 13.3. The molecule has 0 saturated heterocycles. The molecule has 1 aromatic carbocycles. The maximum Gasteiger partial charge on any atom is 0.311 e. The first-order chi connectivity index (χ1) is 9.99. The van der Waals surface area contributed by atoms with Gasteiger partial charge in [-0.15, -0.1) is 0 Å². The van der Waals surface area contributed by atoms with Crippen molar-refractivity contribution in [3.05, 3.63) is 51.3 Å². The molecular weight excluding hydrogens is 299 g/mol. The van der Waals surface area contributed by atoms with Crippen LogP contribution >= 0.6 is 11.6 Å². The van der Waals surface area contributed by atoms with Crippen molar-refractivity contribution in [2.24, 2.45) is 0 Å². The first-order valence-corrected chi connectivity index (χ1v) is 6.50. The molecule has 1 aromatic heterocycles. The van der Waals surface area contributed by atoms with E-state index in [1.54, 1.807) is 0 Å². The quantitative estimate of drug-likeness (QED) is 0.645. The molecule has 110 valence electrons. The van der Waals surface area contributed by atoms with E-state index in [2.05, 4.69) is 15.6 Å². The topological polar surface area (TPSA) is 80.1 Å². The number of benzene rings is 1. The van der Waals surface area contributed by atoms with E-state index in [9.17, 15) is 14.5 Å². The summed E-state index contributed by atoms with van der Waals surface area (Å²) in [5, 5.41) is 16.9. The Morgan fingerprint density at radius 3 is 2.76 bits per heavy atom. The van der Waals surface area contributed by atoms with E-state index in [0.29, 0.717) is 12.4 Å². The molecule has 0 amide bonds. The molecule has 6 nitrogen and oxygen atoms in total. The Balaban J connectivity index is 2.40. The fourth-order valence-electron chi connectivity index (χ4n) is 1.73. The van der Waals surface area contributed by atoms with Crippen molar-refractivity contribution in [2.75, 3.05) is 17.2 Å². The van der Waals surface area contributed by atoms with Crippen LogP contribution in [0.25, 0.3) is 0 Å². The van der Waals surface area contributed by atoms with Crippen LogP contribution in [0.4, 0.5) is 27.4 Å². The molecule has 0 aliphatic heterocycles. The first-order valence-electron chi connectivity index (χ1n) is 6.12. The molecule has 0 atom stereocenters. The Labute approximate surface area is 125 Å². The van der Waals surface area contributed by atoms with Crippen LogP contribution in [0.2, 0.25) is 5.02 Å². The van der Waals surface area contributed by atoms with Crippen LogP contribution in [-0.4, -0.2) is 16.5 Å². The number of rotatable bonds is 5. The van der Waals surface area contributed by atoms with Crippen molar-refractivity contribution in [3.63, 3.8) is 0 Å². The Bertz CT molecular complexity index is 661. The summed E-state index contributed by atoms with van der Waals surface area (Å²) in [6.45, 7) is 2.50. The average Bonchev–Trinajstić information content (AvgIpc) is 2.37. The fourth-order valence-corrected chi connectivity index (χ4v) is 1.96. The lowest BCUT2D eigenvalue weighted by Crippen LogP contribution is -2.04. The first kappa shape index (κ1) is 15.0. The van der Waals surface area contributed by atoms with Gasteiger partial charge in [-0.25, -0.2) is 9.37 Å². The number of nitrogens with one attached hydrogen (secondary N) is 2. The third-order valence-electron chi connectivity index (χ3n) is 2.55. The van der Waals surface area contributed by atoms with Gasteiger partial charge in [0.25, 0.3) is 0 Å². The van der Waals surface area contributed by atoms with Crippen LogP contribution < -0.4 is 10.6 Å². The third-order valence-corrected chi connectivity index (χ3v) is 2.77. The minimum absolute atomic E-state index is 0.0140. The highest BCUT2D eigenvalue weighted by Gasteiger charge is 2.16. The molecule has 0 radical (unpaired) electrons. The van der Waals surface area contributed by atoms with Gasteiger partial charge in [0.15, 0.2) is 0 Å². The van der Waals surface area contributed by atoms with E-state index < -0.39 is 10.7 Å². The monoisotopic (exact) mass is 310 g/mol. The van der Waals surface area contributed by atoms with Gasteiger partial charge in [0, 0.05) is 23.3 Å². The molecular formula is C13H12ClFN4O2. The molecule has 0 bridgehead atoms. The number of pyridine rings is 1. The second-order valence-electron chi connectivity index (χ2n) is 4.13. The molecule has 0 unspecified atom stereocenters. The molecule has 0 aliphatic rings. The standard InChI is InChI=1S/C13H12ClFN4O2/c1-2-16-12-4-3-11(19(20)21)13(18-12)17-10-6-8(14)5-9(15)7-10/h3-7H,2H2,1H3,(H2,16,17,18). The van der Waals surface area contributed by atoms with Crippen molar-refractivity contribution < 1.29 is 9.31 Å². The number of hydrogen-bond acceptors (Lipinski definition) is 5. The summed E-state index contributed by atoms with van der Waals surface area (Å²) in [4.78, 5) is 14.6. The van der Waals surface area contributed by atoms with Gasteiger partial charge < -0.3 is 10.6 Å². The SMILES string of the molecule is CCNc1ccc([N+](=O)[O-])c(Nc2cc(F)cc(Cl)c2)n1. The van der Waals surface area contributed by atoms with Crippen LogP contribution in [0, 0.1) is 15.9 Å².